The fourth-order valence-corrected chi connectivity index (χ4v) is 3.26. The molecule has 6 heteroatoms. The first-order valence-corrected chi connectivity index (χ1v) is 6.63. The molecule has 2 nitrogen and oxygen atoms in total. The van der Waals surface area contributed by atoms with Gasteiger partial charge in [-0.25, -0.2) is 0 Å². The summed E-state index contributed by atoms with van der Waals surface area (Å²) in [5.41, 5.74) is 0. The van der Waals surface area contributed by atoms with Crippen LogP contribution < -0.4 is 0 Å². The Morgan fingerprint density at radius 2 is 2.06 bits per heavy atom. The van der Waals surface area contributed by atoms with Crippen molar-refractivity contribution >= 4 is 11.8 Å². The standard InChI is InChI=1S/C10H18F3NOS/c1-14(6-9(15)10(11,12)13)7-4-3-5-8(7)16-2/h7-9,15H,3-6H2,1-2H3. The number of alkyl halides is 3. The van der Waals surface area contributed by atoms with Gasteiger partial charge in [0, 0.05) is 17.8 Å². The van der Waals surface area contributed by atoms with Gasteiger partial charge in [-0.3, -0.25) is 4.90 Å². The zero-order chi connectivity index (χ0) is 12.3. The van der Waals surface area contributed by atoms with E-state index in [-0.39, 0.29) is 12.6 Å². The van der Waals surface area contributed by atoms with Crippen LogP contribution in [0.2, 0.25) is 0 Å². The van der Waals surface area contributed by atoms with Crippen molar-refractivity contribution in [1.82, 2.24) is 4.90 Å². The summed E-state index contributed by atoms with van der Waals surface area (Å²) < 4.78 is 36.6. The molecule has 1 aliphatic rings. The summed E-state index contributed by atoms with van der Waals surface area (Å²) in [5, 5.41) is 9.40. The van der Waals surface area contributed by atoms with Crippen LogP contribution in [0.15, 0.2) is 0 Å². The molecule has 3 unspecified atom stereocenters. The second kappa shape index (κ2) is 5.60. The van der Waals surface area contributed by atoms with Crippen molar-refractivity contribution in [3.8, 4) is 0 Å². The number of halogens is 3. The van der Waals surface area contributed by atoms with Gasteiger partial charge in [-0.1, -0.05) is 6.42 Å². The summed E-state index contributed by atoms with van der Waals surface area (Å²) in [5.74, 6) is 0. The lowest BCUT2D eigenvalue weighted by Crippen LogP contribution is -2.45. The molecule has 0 saturated heterocycles. The molecule has 96 valence electrons. The summed E-state index contributed by atoms with van der Waals surface area (Å²) in [6, 6.07) is 0.159. The van der Waals surface area contributed by atoms with Crippen molar-refractivity contribution in [2.24, 2.45) is 0 Å². The monoisotopic (exact) mass is 257 g/mol. The molecule has 0 aromatic rings. The van der Waals surface area contributed by atoms with Crippen LogP contribution in [0.1, 0.15) is 19.3 Å². The first-order valence-electron chi connectivity index (χ1n) is 5.34. The zero-order valence-electron chi connectivity index (χ0n) is 9.50. The maximum atomic E-state index is 12.2. The number of nitrogens with zero attached hydrogens (tertiary/aromatic N) is 1. The molecule has 1 fully saturated rings. The van der Waals surface area contributed by atoms with Crippen LogP contribution in [0.5, 0.6) is 0 Å². The van der Waals surface area contributed by atoms with E-state index in [0.717, 1.165) is 19.3 Å². The van der Waals surface area contributed by atoms with Crippen LogP contribution >= 0.6 is 11.8 Å². The summed E-state index contributed by atoms with van der Waals surface area (Å²) in [7, 11) is 1.66. The molecule has 3 atom stereocenters. The van der Waals surface area contributed by atoms with Gasteiger partial charge >= 0.3 is 6.18 Å². The molecule has 16 heavy (non-hydrogen) atoms. The summed E-state index contributed by atoms with van der Waals surface area (Å²) in [4.78, 5) is 1.65. The Bertz CT molecular complexity index is 225. The highest BCUT2D eigenvalue weighted by molar-refractivity contribution is 7.99. The lowest BCUT2D eigenvalue weighted by atomic mass is 10.2. The Labute approximate surface area is 98.2 Å². The predicted octanol–water partition coefficient (Wildman–Crippen LogP) is 2.13. The molecule has 0 aromatic heterocycles. The molecule has 0 radical (unpaired) electrons. The fraction of sp³-hybridized carbons (Fsp3) is 1.00. The van der Waals surface area contributed by atoms with Gasteiger partial charge < -0.3 is 5.11 Å². The van der Waals surface area contributed by atoms with Gasteiger partial charge in [0.15, 0.2) is 6.10 Å². The second-order valence-electron chi connectivity index (χ2n) is 4.27. The van der Waals surface area contributed by atoms with Gasteiger partial charge in [0.05, 0.1) is 0 Å². The number of hydrogen-bond donors (Lipinski definition) is 1. The second-order valence-corrected chi connectivity index (χ2v) is 5.35. The van der Waals surface area contributed by atoms with Crippen LogP contribution in [0, 0.1) is 0 Å². The maximum absolute atomic E-state index is 12.2. The van der Waals surface area contributed by atoms with Crippen LogP contribution in [-0.2, 0) is 0 Å². The third-order valence-electron chi connectivity index (χ3n) is 3.13. The first-order chi connectivity index (χ1) is 7.36. The highest BCUT2D eigenvalue weighted by Gasteiger charge is 2.40. The highest BCUT2D eigenvalue weighted by Crippen LogP contribution is 2.32. The number of likely N-dealkylation sites (N-methyl/N-ethyl adjacent to an activating group) is 1. The molecular weight excluding hydrogens is 239 g/mol. The van der Waals surface area contributed by atoms with E-state index in [2.05, 4.69) is 0 Å². The van der Waals surface area contributed by atoms with Crippen molar-refractivity contribution in [2.45, 2.75) is 42.8 Å². The molecule has 0 aromatic carbocycles. The minimum Gasteiger partial charge on any atom is -0.382 e. The average molecular weight is 257 g/mol. The van der Waals surface area contributed by atoms with E-state index < -0.39 is 12.3 Å². The van der Waals surface area contributed by atoms with E-state index in [1.807, 2.05) is 6.26 Å². The Kier molecular flexibility index (Phi) is 4.94. The summed E-state index contributed by atoms with van der Waals surface area (Å²) in [6.07, 6.45) is -1.73. The van der Waals surface area contributed by atoms with Crippen LogP contribution in [0.25, 0.3) is 0 Å². The van der Waals surface area contributed by atoms with Crippen molar-refractivity contribution in [3.63, 3.8) is 0 Å². The van der Waals surface area contributed by atoms with Crippen molar-refractivity contribution in [2.75, 3.05) is 19.8 Å². The third kappa shape index (κ3) is 3.53. The molecule has 0 spiro atoms. The van der Waals surface area contributed by atoms with Crippen molar-refractivity contribution < 1.29 is 18.3 Å². The van der Waals surface area contributed by atoms with Crippen molar-refractivity contribution in [3.05, 3.63) is 0 Å². The minimum atomic E-state index is -4.51. The van der Waals surface area contributed by atoms with E-state index in [4.69, 9.17) is 5.11 Å². The molecule has 1 saturated carbocycles. The van der Waals surface area contributed by atoms with Crippen LogP contribution in [-0.4, -0.2) is 53.4 Å². The highest BCUT2D eigenvalue weighted by atomic mass is 32.2. The molecular formula is C10H18F3NOS. The topological polar surface area (TPSA) is 23.5 Å². The lowest BCUT2D eigenvalue weighted by Gasteiger charge is -2.30. The minimum absolute atomic E-state index is 0.159. The van der Waals surface area contributed by atoms with E-state index in [1.165, 1.54) is 0 Å². The first kappa shape index (κ1) is 14.1. The zero-order valence-corrected chi connectivity index (χ0v) is 10.3. The van der Waals surface area contributed by atoms with Crippen LogP contribution in [0.4, 0.5) is 13.2 Å². The number of aliphatic hydroxyl groups excluding tert-OH is 1. The Morgan fingerprint density at radius 3 is 2.56 bits per heavy atom. The Hall–Kier alpha value is 0.0600. The number of hydrogen-bond acceptors (Lipinski definition) is 3. The summed E-state index contributed by atoms with van der Waals surface area (Å²) >= 11 is 1.70. The Morgan fingerprint density at radius 1 is 1.44 bits per heavy atom. The molecule has 0 bridgehead atoms. The van der Waals surface area contributed by atoms with E-state index in [1.54, 1.807) is 23.7 Å². The van der Waals surface area contributed by atoms with E-state index in [0.29, 0.717) is 5.25 Å². The maximum Gasteiger partial charge on any atom is 0.415 e. The average Bonchev–Trinajstić information content (AvgIpc) is 2.63. The molecule has 0 amide bonds. The quantitative estimate of drug-likeness (QED) is 0.834. The molecule has 1 aliphatic carbocycles. The number of thioether (sulfide) groups is 1. The van der Waals surface area contributed by atoms with E-state index in [9.17, 15) is 13.2 Å². The van der Waals surface area contributed by atoms with Gasteiger partial charge in [-0.05, 0) is 26.1 Å². The summed E-state index contributed by atoms with van der Waals surface area (Å²) in [6.45, 7) is -0.328. The Balaban J connectivity index is 2.48. The van der Waals surface area contributed by atoms with Gasteiger partial charge in [0.25, 0.3) is 0 Å². The van der Waals surface area contributed by atoms with Gasteiger partial charge in [-0.15, -0.1) is 0 Å². The molecule has 0 aliphatic heterocycles. The molecule has 1 rings (SSSR count). The number of rotatable bonds is 4. The van der Waals surface area contributed by atoms with Gasteiger partial charge in [-0.2, -0.15) is 24.9 Å². The predicted molar refractivity (Wildman–Crippen MR) is 59.6 cm³/mol. The van der Waals surface area contributed by atoms with Crippen molar-refractivity contribution in [1.29, 1.82) is 0 Å². The number of aliphatic hydroxyl groups is 1. The van der Waals surface area contributed by atoms with Gasteiger partial charge in [0.1, 0.15) is 0 Å². The largest absolute Gasteiger partial charge is 0.415 e. The van der Waals surface area contributed by atoms with E-state index >= 15 is 0 Å². The fourth-order valence-electron chi connectivity index (χ4n) is 2.20. The molecule has 0 heterocycles. The van der Waals surface area contributed by atoms with Gasteiger partial charge in [0.2, 0.25) is 0 Å². The smallest absolute Gasteiger partial charge is 0.382 e. The third-order valence-corrected chi connectivity index (χ3v) is 4.28. The van der Waals surface area contributed by atoms with Crippen LogP contribution in [0.3, 0.4) is 0 Å². The lowest BCUT2D eigenvalue weighted by molar-refractivity contribution is -0.208. The molecule has 1 N–H and O–H groups in total. The normalized spacial score (nSPS) is 28.7. The SMILES string of the molecule is CSC1CCCC1N(C)CC(O)C(F)(F)F.